The largest absolute Gasteiger partial charge is 0.366 e. The maximum atomic E-state index is 13.2. The average Bonchev–Trinajstić information content (AvgIpc) is 3.61. The molecule has 0 bridgehead atoms. The quantitative estimate of drug-likeness (QED) is 0.310. The minimum atomic E-state index is -0.525. The number of hydrogen-bond acceptors (Lipinski definition) is 6. The molecule has 0 atom stereocenters. The van der Waals surface area contributed by atoms with E-state index in [0.29, 0.717) is 23.6 Å². The summed E-state index contributed by atoms with van der Waals surface area (Å²) in [6, 6.07) is 13.2. The van der Waals surface area contributed by atoms with Gasteiger partial charge >= 0.3 is 0 Å². The number of para-hydroxylation sites is 2. The minimum absolute atomic E-state index is 0.248. The third-order valence-electron chi connectivity index (χ3n) is 6.98. The van der Waals surface area contributed by atoms with Gasteiger partial charge in [0.25, 0.3) is 5.91 Å². The number of primary amides is 1. The van der Waals surface area contributed by atoms with Crippen LogP contribution in [0.5, 0.6) is 0 Å². The molecule has 37 heavy (non-hydrogen) atoms. The molecule has 3 N–H and O–H groups in total. The second-order valence-corrected chi connectivity index (χ2v) is 9.39. The van der Waals surface area contributed by atoms with Crippen LogP contribution in [0, 0.1) is 0 Å². The summed E-state index contributed by atoms with van der Waals surface area (Å²) in [5.41, 5.74) is 11.1. The van der Waals surface area contributed by atoms with E-state index in [9.17, 15) is 9.59 Å². The predicted molar refractivity (Wildman–Crippen MR) is 138 cm³/mol. The van der Waals surface area contributed by atoms with Gasteiger partial charge in [0.1, 0.15) is 0 Å². The van der Waals surface area contributed by atoms with Gasteiger partial charge in [0.05, 0.1) is 34.1 Å². The summed E-state index contributed by atoms with van der Waals surface area (Å²) in [5, 5.41) is 7.03. The summed E-state index contributed by atoms with van der Waals surface area (Å²) >= 11 is 0. The molecule has 1 aliphatic carbocycles. The van der Waals surface area contributed by atoms with Crippen molar-refractivity contribution >= 4 is 39.8 Å². The molecule has 10 heteroatoms. The fourth-order valence-corrected chi connectivity index (χ4v) is 5.07. The number of nitrogens with one attached hydrogen (secondary N) is 1. The van der Waals surface area contributed by atoms with Crippen LogP contribution in [0.25, 0.3) is 22.1 Å². The fourth-order valence-electron chi connectivity index (χ4n) is 5.07. The second-order valence-electron chi connectivity index (χ2n) is 9.39. The molecule has 0 saturated carbocycles. The number of unbranched alkanes of at least 4 members (excludes halogenated alkanes) is 1. The van der Waals surface area contributed by atoms with E-state index >= 15 is 0 Å². The van der Waals surface area contributed by atoms with E-state index in [4.69, 9.17) is 10.3 Å². The minimum Gasteiger partial charge on any atom is -0.366 e. The number of nitrogens with zero attached hydrogens (tertiary/aromatic N) is 5. The number of anilines is 1. The van der Waals surface area contributed by atoms with Crippen LogP contribution >= 0.6 is 0 Å². The third kappa shape index (κ3) is 4.35. The van der Waals surface area contributed by atoms with Crippen molar-refractivity contribution < 1.29 is 14.1 Å². The lowest BCUT2D eigenvalue weighted by atomic mass is 9.96. The molecule has 0 fully saturated rings. The maximum Gasteiger partial charge on any atom is 0.296 e. The van der Waals surface area contributed by atoms with E-state index in [0.717, 1.165) is 72.9 Å². The van der Waals surface area contributed by atoms with Crippen molar-refractivity contribution in [1.29, 1.82) is 0 Å². The molecule has 0 unspecified atom stereocenters. The van der Waals surface area contributed by atoms with Crippen LogP contribution in [-0.2, 0) is 25.9 Å². The molecular formula is C27H27N7O3. The Labute approximate surface area is 212 Å². The van der Waals surface area contributed by atoms with Crippen LogP contribution in [0.3, 0.4) is 0 Å². The Morgan fingerprint density at radius 1 is 1.00 bits per heavy atom. The number of hydrogen-bond donors (Lipinski definition) is 2. The van der Waals surface area contributed by atoms with Crippen molar-refractivity contribution in [2.24, 2.45) is 5.73 Å². The van der Waals surface area contributed by atoms with Gasteiger partial charge in [0.15, 0.2) is 0 Å². The third-order valence-corrected chi connectivity index (χ3v) is 6.98. The molecule has 0 spiro atoms. The van der Waals surface area contributed by atoms with Crippen LogP contribution in [0.15, 0.2) is 53.3 Å². The van der Waals surface area contributed by atoms with Gasteiger partial charge in [-0.25, -0.2) is 9.97 Å². The highest BCUT2D eigenvalue weighted by Crippen LogP contribution is 2.26. The molecule has 0 radical (unpaired) electrons. The van der Waals surface area contributed by atoms with Gasteiger partial charge in [0, 0.05) is 24.2 Å². The number of aryl methyl sites for hydroxylation is 3. The van der Waals surface area contributed by atoms with Gasteiger partial charge < -0.3 is 19.4 Å². The van der Waals surface area contributed by atoms with Crippen molar-refractivity contribution in [1.82, 2.24) is 24.3 Å². The molecule has 6 rings (SSSR count). The van der Waals surface area contributed by atoms with Gasteiger partial charge in [-0.15, -0.1) is 0 Å². The van der Waals surface area contributed by atoms with Gasteiger partial charge in [-0.1, -0.05) is 17.3 Å². The average molecular weight is 498 g/mol. The molecule has 2 amide bonds. The Balaban J connectivity index is 1.24. The Morgan fingerprint density at radius 2 is 1.84 bits per heavy atom. The zero-order chi connectivity index (χ0) is 25.4. The second kappa shape index (κ2) is 9.53. The summed E-state index contributed by atoms with van der Waals surface area (Å²) < 4.78 is 9.54. The molecule has 0 aliphatic heterocycles. The molecule has 188 valence electrons. The van der Waals surface area contributed by atoms with Crippen LogP contribution in [0.4, 0.5) is 5.95 Å². The zero-order valence-corrected chi connectivity index (χ0v) is 20.3. The summed E-state index contributed by atoms with van der Waals surface area (Å²) in [5.74, 6) is -0.246. The van der Waals surface area contributed by atoms with Crippen molar-refractivity contribution in [2.75, 3.05) is 5.32 Å². The summed E-state index contributed by atoms with van der Waals surface area (Å²) in [7, 11) is 0. The molecule has 0 saturated heterocycles. The van der Waals surface area contributed by atoms with Crippen LogP contribution in [-0.4, -0.2) is 36.1 Å². The van der Waals surface area contributed by atoms with E-state index in [2.05, 4.69) is 31.1 Å². The highest BCUT2D eigenvalue weighted by molar-refractivity contribution is 6.03. The zero-order valence-electron chi connectivity index (χ0n) is 20.3. The summed E-state index contributed by atoms with van der Waals surface area (Å²) in [6.07, 6.45) is 7.28. The molecular weight excluding hydrogens is 470 g/mol. The lowest BCUT2D eigenvalue weighted by molar-refractivity contribution is 0.0982. The number of benzene rings is 2. The fraction of sp³-hybridized carbons (Fsp3) is 0.296. The first-order valence-electron chi connectivity index (χ1n) is 12.6. The first kappa shape index (κ1) is 23.0. The molecule has 5 aromatic rings. The number of imidazole rings is 2. The summed E-state index contributed by atoms with van der Waals surface area (Å²) in [4.78, 5) is 34.0. The standard InChI is InChI=1S/C27H27N7O3/c28-25(35)17-11-12-23-21(15-17)30-27(31-26(36)24-18-7-1-2-8-19(18)32-37-24)34(23)14-6-5-13-33-16-29-20-9-3-4-10-22(20)33/h3-4,9-12,15-16H,1-2,5-8,13-14H2,(H2,28,35)(H,30,31,36). The van der Waals surface area contributed by atoms with E-state index in [1.165, 1.54) is 0 Å². The Kier molecular flexibility index (Phi) is 5.91. The number of nitrogens with two attached hydrogens (primary N) is 1. The molecule has 3 heterocycles. The highest BCUT2D eigenvalue weighted by Gasteiger charge is 2.25. The van der Waals surface area contributed by atoms with Gasteiger partial charge in [0.2, 0.25) is 17.6 Å². The Morgan fingerprint density at radius 3 is 2.73 bits per heavy atom. The van der Waals surface area contributed by atoms with E-state index in [1.807, 2.05) is 35.2 Å². The van der Waals surface area contributed by atoms with Crippen molar-refractivity contribution in [3.63, 3.8) is 0 Å². The highest BCUT2D eigenvalue weighted by atomic mass is 16.5. The van der Waals surface area contributed by atoms with Gasteiger partial charge in [-0.2, -0.15) is 0 Å². The molecule has 1 aliphatic rings. The lowest BCUT2D eigenvalue weighted by Gasteiger charge is -2.11. The number of fused-ring (bicyclic) bond motifs is 3. The molecule has 3 aromatic heterocycles. The van der Waals surface area contributed by atoms with E-state index in [-0.39, 0.29) is 11.7 Å². The van der Waals surface area contributed by atoms with E-state index in [1.54, 1.807) is 12.1 Å². The molecule has 10 nitrogen and oxygen atoms in total. The predicted octanol–water partition coefficient (Wildman–Crippen LogP) is 4.08. The van der Waals surface area contributed by atoms with Gasteiger partial charge in [-0.3, -0.25) is 14.9 Å². The first-order chi connectivity index (χ1) is 18.1. The smallest absolute Gasteiger partial charge is 0.296 e. The first-order valence-corrected chi connectivity index (χ1v) is 12.6. The Bertz CT molecular complexity index is 1630. The number of carbonyl (C=O) groups excluding carboxylic acids is 2. The number of aromatic nitrogens is 5. The normalized spacial score (nSPS) is 13.2. The van der Waals surface area contributed by atoms with Crippen molar-refractivity contribution in [2.45, 2.75) is 51.6 Å². The lowest BCUT2D eigenvalue weighted by Crippen LogP contribution is -2.18. The van der Waals surface area contributed by atoms with Crippen LogP contribution in [0.1, 0.15) is 57.9 Å². The van der Waals surface area contributed by atoms with Crippen molar-refractivity contribution in [3.8, 4) is 0 Å². The van der Waals surface area contributed by atoms with Crippen LogP contribution in [0.2, 0.25) is 0 Å². The maximum absolute atomic E-state index is 13.2. The van der Waals surface area contributed by atoms with Crippen LogP contribution < -0.4 is 11.1 Å². The summed E-state index contributed by atoms with van der Waals surface area (Å²) in [6.45, 7) is 1.45. The molecule has 2 aromatic carbocycles. The number of rotatable bonds is 8. The van der Waals surface area contributed by atoms with Crippen molar-refractivity contribution in [3.05, 3.63) is 71.4 Å². The Hall–Kier alpha value is -4.47. The SMILES string of the molecule is NC(=O)c1ccc2c(c1)nc(NC(=O)c1onc3c1CCCC3)n2CCCCn1cnc2ccccc21. The topological polar surface area (TPSA) is 134 Å². The van der Waals surface area contributed by atoms with E-state index < -0.39 is 5.91 Å². The monoisotopic (exact) mass is 497 g/mol. The number of amides is 2. The van der Waals surface area contributed by atoms with Gasteiger partial charge in [-0.05, 0) is 68.9 Å². The number of carbonyl (C=O) groups is 2.